The molecular weight excluding hydrogens is 947 g/mol. The standard InChI is InChI=1S/C18H21I2NSi.C12H7I2N.Na.H/c1-18(2,3)22(4,5)21-16-8-6-12(19)10-14(16)15-11-13(20)7-9-17(15)21;13-7-1-3-11-9(5-7)10-6-8(14)2-4-12(10)15-11;;/h6-11H,1-5H3;1-6,15H;;/q;;+1;-1. The van der Waals surface area contributed by atoms with Crippen LogP contribution in [0.15, 0.2) is 72.8 Å². The van der Waals surface area contributed by atoms with Gasteiger partial charge in [-0.1, -0.05) is 33.9 Å². The van der Waals surface area contributed by atoms with Crippen LogP contribution in [0.3, 0.4) is 0 Å². The van der Waals surface area contributed by atoms with Gasteiger partial charge in [0.25, 0.3) is 0 Å². The first-order chi connectivity index (χ1) is 17.4. The van der Waals surface area contributed by atoms with Gasteiger partial charge in [-0.15, -0.1) is 0 Å². The molecule has 0 bridgehead atoms. The summed E-state index contributed by atoms with van der Waals surface area (Å²) in [6.07, 6.45) is 0. The number of halogens is 4. The Bertz CT molecular complexity index is 1690. The van der Waals surface area contributed by atoms with E-state index in [-0.39, 0.29) is 31.0 Å². The third-order valence-corrected chi connectivity index (χ3v) is 15.6. The molecule has 192 valence electrons. The number of hydrogen-bond donors (Lipinski definition) is 1. The van der Waals surface area contributed by atoms with Crippen LogP contribution >= 0.6 is 90.4 Å². The molecule has 2 heterocycles. The number of aromatic amines is 1. The predicted molar refractivity (Wildman–Crippen MR) is 200 cm³/mol. The summed E-state index contributed by atoms with van der Waals surface area (Å²) in [6, 6.07) is 26.7. The number of nitrogens with zero attached hydrogens (tertiary/aromatic N) is 1. The molecule has 1 N–H and O–H groups in total. The summed E-state index contributed by atoms with van der Waals surface area (Å²) in [4.78, 5) is 3.43. The molecule has 0 fully saturated rings. The van der Waals surface area contributed by atoms with Crippen molar-refractivity contribution in [3.63, 3.8) is 0 Å². The second-order valence-corrected chi connectivity index (χ2v) is 21.0. The molecule has 4 aromatic carbocycles. The average molecular weight is 976 g/mol. The van der Waals surface area contributed by atoms with Gasteiger partial charge in [-0.3, -0.25) is 0 Å². The Hall–Kier alpha value is 0.617. The molecule has 0 spiro atoms. The quantitative estimate of drug-likeness (QED) is 0.126. The molecule has 0 saturated carbocycles. The number of aromatic nitrogens is 2. The maximum atomic E-state index is 3.43. The molecule has 2 aromatic heterocycles. The molecule has 0 saturated heterocycles. The van der Waals surface area contributed by atoms with Gasteiger partial charge in [0.05, 0.1) is 0 Å². The van der Waals surface area contributed by atoms with Crippen LogP contribution in [-0.2, 0) is 0 Å². The average Bonchev–Trinajstić information content (AvgIpc) is 3.33. The molecule has 0 aliphatic carbocycles. The summed E-state index contributed by atoms with van der Waals surface area (Å²) in [7, 11) is -1.68. The Morgan fingerprint density at radius 1 is 0.605 bits per heavy atom. The number of H-pyrrole nitrogens is 1. The molecule has 2 nitrogen and oxygen atoms in total. The fourth-order valence-electron chi connectivity index (χ4n) is 4.75. The molecule has 0 amide bonds. The van der Waals surface area contributed by atoms with Crippen LogP contribution in [0.4, 0.5) is 0 Å². The number of benzene rings is 4. The van der Waals surface area contributed by atoms with Crippen molar-refractivity contribution in [1.82, 2.24) is 9.22 Å². The monoisotopic (exact) mass is 976 g/mol. The molecule has 0 radical (unpaired) electrons. The topological polar surface area (TPSA) is 20.7 Å². The van der Waals surface area contributed by atoms with Crippen molar-refractivity contribution in [2.75, 3.05) is 0 Å². The smallest absolute Gasteiger partial charge is 1.00 e. The van der Waals surface area contributed by atoms with E-state index in [0.717, 1.165) is 0 Å². The zero-order valence-corrected chi connectivity index (χ0v) is 34.0. The van der Waals surface area contributed by atoms with Crippen LogP contribution in [0, 0.1) is 14.3 Å². The van der Waals surface area contributed by atoms with Crippen LogP contribution in [0.2, 0.25) is 18.1 Å². The van der Waals surface area contributed by atoms with Crippen LogP contribution in [-0.4, -0.2) is 17.5 Å². The van der Waals surface area contributed by atoms with Gasteiger partial charge in [-0.05, 0) is 168 Å². The molecule has 0 unspecified atom stereocenters. The summed E-state index contributed by atoms with van der Waals surface area (Å²) in [5.41, 5.74) is 5.22. The predicted octanol–water partition coefficient (Wildman–Crippen LogP) is 8.50. The van der Waals surface area contributed by atoms with Gasteiger partial charge in [0.2, 0.25) is 0 Å². The molecule has 6 rings (SSSR count). The fraction of sp³-hybridized carbons (Fsp3) is 0.200. The van der Waals surface area contributed by atoms with Crippen molar-refractivity contribution >= 4 is 142 Å². The fourth-order valence-corrected chi connectivity index (χ4v) is 8.98. The van der Waals surface area contributed by atoms with Crippen molar-refractivity contribution in [2.45, 2.75) is 38.9 Å². The number of fused-ring (bicyclic) bond motifs is 6. The van der Waals surface area contributed by atoms with Crippen molar-refractivity contribution in [3.05, 3.63) is 87.1 Å². The number of hydrogen-bond acceptors (Lipinski definition) is 0. The maximum absolute atomic E-state index is 3.43. The first-order valence-electron chi connectivity index (χ1n) is 12.1. The van der Waals surface area contributed by atoms with Crippen LogP contribution in [0.5, 0.6) is 0 Å². The van der Waals surface area contributed by atoms with Gasteiger partial charge in [-0.2, -0.15) is 0 Å². The van der Waals surface area contributed by atoms with Gasteiger partial charge in [-0.25, -0.2) is 0 Å². The Morgan fingerprint density at radius 2 is 0.947 bits per heavy atom. The molecule has 38 heavy (non-hydrogen) atoms. The Kier molecular flexibility index (Phi) is 10.0. The van der Waals surface area contributed by atoms with Gasteiger partial charge >= 0.3 is 29.6 Å². The maximum Gasteiger partial charge on any atom is 1.00 e. The third-order valence-electron chi connectivity index (χ3n) is 7.61. The van der Waals surface area contributed by atoms with E-state index in [1.807, 2.05) is 0 Å². The van der Waals surface area contributed by atoms with E-state index < -0.39 is 8.24 Å². The van der Waals surface area contributed by atoms with E-state index in [0.29, 0.717) is 5.04 Å². The Labute approximate surface area is 303 Å². The molecule has 0 atom stereocenters. The van der Waals surface area contributed by atoms with E-state index in [1.54, 1.807) is 0 Å². The van der Waals surface area contributed by atoms with Gasteiger partial charge in [0.15, 0.2) is 8.24 Å². The van der Waals surface area contributed by atoms with Crippen LogP contribution in [0.25, 0.3) is 43.6 Å². The van der Waals surface area contributed by atoms with Gasteiger partial charge < -0.3 is 10.6 Å². The second kappa shape index (κ2) is 12.1. The molecular formula is C30H29I4N2NaSi. The zero-order valence-electron chi connectivity index (χ0n) is 23.4. The van der Waals surface area contributed by atoms with Gasteiger partial charge in [0.1, 0.15) is 0 Å². The van der Waals surface area contributed by atoms with Crippen molar-refractivity contribution in [3.8, 4) is 0 Å². The molecule has 0 aliphatic rings. The van der Waals surface area contributed by atoms with E-state index in [1.165, 1.54) is 57.9 Å². The van der Waals surface area contributed by atoms with Crippen molar-refractivity contribution < 1.29 is 31.0 Å². The summed E-state index contributed by atoms with van der Waals surface area (Å²) in [5.74, 6) is 0. The summed E-state index contributed by atoms with van der Waals surface area (Å²) in [5, 5.41) is 5.72. The summed E-state index contributed by atoms with van der Waals surface area (Å²) < 4.78 is 7.83. The summed E-state index contributed by atoms with van der Waals surface area (Å²) in [6.45, 7) is 12.1. The van der Waals surface area contributed by atoms with E-state index in [2.05, 4.69) is 206 Å². The third kappa shape index (κ3) is 6.05. The minimum Gasteiger partial charge on any atom is -1.00 e. The Balaban J connectivity index is 0.000000217. The normalized spacial score (nSPS) is 12.1. The van der Waals surface area contributed by atoms with Crippen molar-refractivity contribution in [1.29, 1.82) is 0 Å². The van der Waals surface area contributed by atoms with E-state index >= 15 is 0 Å². The van der Waals surface area contributed by atoms with Crippen LogP contribution in [0.1, 0.15) is 22.2 Å². The molecule has 6 aromatic rings. The zero-order chi connectivity index (χ0) is 26.7. The van der Waals surface area contributed by atoms with Gasteiger partial charge in [0, 0.05) is 57.9 Å². The first kappa shape index (κ1) is 31.6. The van der Waals surface area contributed by atoms with Crippen molar-refractivity contribution in [2.24, 2.45) is 0 Å². The SMILES string of the molecule is CC(C)(C)[Si](C)(C)n1c2ccc(I)cc2c2cc(I)ccc21.Ic1ccc2[nH]c3ccc(I)cc3c2c1.[H-].[Na+]. The largest absolute Gasteiger partial charge is 1.00 e. The summed E-state index contributed by atoms with van der Waals surface area (Å²) >= 11 is 9.53. The minimum absolute atomic E-state index is 0. The Morgan fingerprint density at radius 3 is 1.32 bits per heavy atom. The number of rotatable bonds is 1. The molecule has 0 aliphatic heterocycles. The minimum atomic E-state index is -1.68. The second-order valence-electron chi connectivity index (χ2n) is 11.0. The van der Waals surface area contributed by atoms with E-state index in [4.69, 9.17) is 0 Å². The number of nitrogens with one attached hydrogen (secondary N) is 1. The van der Waals surface area contributed by atoms with E-state index in [9.17, 15) is 0 Å². The van der Waals surface area contributed by atoms with Crippen LogP contribution < -0.4 is 29.6 Å². The first-order valence-corrected chi connectivity index (χ1v) is 19.4. The molecule has 8 heteroatoms.